The summed E-state index contributed by atoms with van der Waals surface area (Å²) >= 11 is 0. The Hall–Kier alpha value is -3.86. The monoisotopic (exact) mass is 506 g/mol. The number of benzene rings is 3. The van der Waals surface area contributed by atoms with E-state index in [9.17, 15) is 4.79 Å². The predicted molar refractivity (Wildman–Crippen MR) is 150 cm³/mol. The zero-order chi connectivity index (χ0) is 25.9. The van der Waals surface area contributed by atoms with Gasteiger partial charge in [0.05, 0.1) is 13.2 Å². The van der Waals surface area contributed by atoms with Gasteiger partial charge in [-0.3, -0.25) is 9.78 Å². The standard InChI is InChI=1S/C33H34N2O3/c1-37-31-11-10-26(21-32(31)38-29-8-4-5-9-29)30-20-25-7-3-2-6-24(25)19-28(30)22-35-17-14-27(33(35)36)18-23-12-15-34-16-13-23/h2-3,6-7,10-13,15-16,19-21,27,29H,4-5,8-9,14,17-18,22H2,1H3. The first-order valence-electron chi connectivity index (χ1n) is 13.7. The highest BCUT2D eigenvalue weighted by Crippen LogP contribution is 2.38. The van der Waals surface area contributed by atoms with Crippen LogP contribution in [-0.2, 0) is 17.8 Å². The third-order valence-electron chi connectivity index (χ3n) is 8.04. The van der Waals surface area contributed by atoms with Gasteiger partial charge in [-0.25, -0.2) is 0 Å². The van der Waals surface area contributed by atoms with Gasteiger partial charge < -0.3 is 14.4 Å². The fourth-order valence-corrected chi connectivity index (χ4v) is 5.97. The number of carbonyl (C=O) groups excluding carboxylic acids is 1. The molecule has 2 fully saturated rings. The lowest BCUT2D eigenvalue weighted by atomic mass is 9.94. The third-order valence-corrected chi connectivity index (χ3v) is 8.04. The summed E-state index contributed by atoms with van der Waals surface area (Å²) in [5.41, 5.74) is 4.53. The second kappa shape index (κ2) is 10.9. The Kier molecular flexibility index (Phi) is 7.00. The molecule has 0 N–H and O–H groups in total. The van der Waals surface area contributed by atoms with Gasteiger partial charge in [-0.05, 0) is 108 Å². The number of rotatable bonds is 8. The zero-order valence-electron chi connectivity index (χ0n) is 21.9. The summed E-state index contributed by atoms with van der Waals surface area (Å²) in [5.74, 6) is 1.82. The van der Waals surface area contributed by atoms with Crippen molar-refractivity contribution in [2.24, 2.45) is 5.92 Å². The van der Waals surface area contributed by atoms with Crippen LogP contribution < -0.4 is 9.47 Å². The summed E-state index contributed by atoms with van der Waals surface area (Å²) in [4.78, 5) is 19.6. The van der Waals surface area contributed by atoms with E-state index >= 15 is 0 Å². The molecule has 1 aliphatic heterocycles. The van der Waals surface area contributed by atoms with E-state index < -0.39 is 0 Å². The van der Waals surface area contributed by atoms with Gasteiger partial charge in [-0.1, -0.05) is 30.3 Å². The van der Waals surface area contributed by atoms with E-state index in [0.717, 1.165) is 60.4 Å². The lowest BCUT2D eigenvalue weighted by Gasteiger charge is -2.21. The van der Waals surface area contributed by atoms with Crippen molar-refractivity contribution in [2.45, 2.75) is 51.2 Å². The number of ether oxygens (including phenoxy) is 2. The molecule has 1 aliphatic carbocycles. The van der Waals surface area contributed by atoms with Crippen LogP contribution in [0, 0.1) is 5.92 Å². The Labute approximate surface area is 224 Å². The lowest BCUT2D eigenvalue weighted by Crippen LogP contribution is -2.27. The molecule has 2 aliphatic rings. The van der Waals surface area contributed by atoms with Crippen molar-refractivity contribution in [3.63, 3.8) is 0 Å². The summed E-state index contributed by atoms with van der Waals surface area (Å²) < 4.78 is 12.1. The number of carbonyl (C=O) groups is 1. The second-order valence-electron chi connectivity index (χ2n) is 10.6. The van der Waals surface area contributed by atoms with Crippen molar-refractivity contribution in [1.29, 1.82) is 0 Å². The normalized spacial score (nSPS) is 17.9. The minimum absolute atomic E-state index is 0.0220. The maximum Gasteiger partial charge on any atom is 0.226 e. The van der Waals surface area contributed by atoms with Crippen LogP contribution in [0.3, 0.4) is 0 Å². The van der Waals surface area contributed by atoms with Crippen molar-refractivity contribution >= 4 is 16.7 Å². The molecule has 1 unspecified atom stereocenters. The van der Waals surface area contributed by atoms with Gasteiger partial charge in [0.15, 0.2) is 11.5 Å². The maximum absolute atomic E-state index is 13.4. The Morgan fingerprint density at radius 3 is 2.42 bits per heavy atom. The SMILES string of the molecule is COc1ccc(-c2cc3ccccc3cc2CN2CCC(Cc3ccncc3)C2=O)cc1OC1CCCC1. The average Bonchev–Trinajstić information content (AvgIpc) is 3.59. The van der Waals surface area contributed by atoms with E-state index in [2.05, 4.69) is 53.5 Å². The molecule has 1 amide bonds. The van der Waals surface area contributed by atoms with Crippen LogP contribution in [0.15, 0.2) is 79.1 Å². The fraction of sp³-hybridized carbons (Fsp3) is 0.333. The quantitative estimate of drug-likeness (QED) is 0.263. The van der Waals surface area contributed by atoms with Crippen LogP contribution in [-0.4, -0.2) is 35.5 Å². The van der Waals surface area contributed by atoms with E-state index in [1.165, 1.54) is 29.2 Å². The minimum Gasteiger partial charge on any atom is -0.493 e. The molecule has 2 heterocycles. The number of fused-ring (bicyclic) bond motifs is 1. The molecule has 6 rings (SSSR count). The Morgan fingerprint density at radius 2 is 1.66 bits per heavy atom. The number of hydrogen-bond donors (Lipinski definition) is 0. The van der Waals surface area contributed by atoms with Crippen molar-refractivity contribution in [3.05, 3.63) is 90.3 Å². The highest BCUT2D eigenvalue weighted by Gasteiger charge is 2.32. The largest absolute Gasteiger partial charge is 0.493 e. The van der Waals surface area contributed by atoms with Crippen LogP contribution in [0.1, 0.15) is 43.2 Å². The molecule has 1 saturated heterocycles. The van der Waals surface area contributed by atoms with Gasteiger partial charge >= 0.3 is 0 Å². The topological polar surface area (TPSA) is 51.7 Å². The molecule has 5 nitrogen and oxygen atoms in total. The highest BCUT2D eigenvalue weighted by atomic mass is 16.5. The molecule has 194 valence electrons. The minimum atomic E-state index is 0.0220. The number of aromatic nitrogens is 1. The smallest absolute Gasteiger partial charge is 0.226 e. The second-order valence-corrected chi connectivity index (χ2v) is 10.6. The van der Waals surface area contributed by atoms with Crippen molar-refractivity contribution < 1.29 is 14.3 Å². The molecule has 0 spiro atoms. The van der Waals surface area contributed by atoms with Crippen molar-refractivity contribution in [2.75, 3.05) is 13.7 Å². The summed E-state index contributed by atoms with van der Waals surface area (Å²) in [6, 6.07) is 23.2. The van der Waals surface area contributed by atoms with Crippen LogP contribution in [0.25, 0.3) is 21.9 Å². The van der Waals surface area contributed by atoms with Gasteiger partial charge in [-0.2, -0.15) is 0 Å². The number of pyridine rings is 1. The molecule has 1 atom stereocenters. The summed E-state index contributed by atoms with van der Waals surface area (Å²) in [6.45, 7) is 1.37. The number of nitrogens with zero attached hydrogens (tertiary/aromatic N) is 2. The van der Waals surface area contributed by atoms with Crippen LogP contribution in [0.2, 0.25) is 0 Å². The summed E-state index contributed by atoms with van der Waals surface area (Å²) in [5, 5.41) is 2.37. The number of hydrogen-bond acceptors (Lipinski definition) is 4. The first-order valence-corrected chi connectivity index (χ1v) is 13.7. The molecule has 38 heavy (non-hydrogen) atoms. The molecule has 0 bridgehead atoms. The molecule has 5 heteroatoms. The van der Waals surface area contributed by atoms with Crippen LogP contribution >= 0.6 is 0 Å². The lowest BCUT2D eigenvalue weighted by molar-refractivity contribution is -0.131. The molecule has 4 aromatic rings. The van der Waals surface area contributed by atoms with E-state index in [1.54, 1.807) is 19.5 Å². The molecule has 3 aromatic carbocycles. The van der Waals surface area contributed by atoms with E-state index in [4.69, 9.17) is 9.47 Å². The first-order chi connectivity index (χ1) is 18.7. The van der Waals surface area contributed by atoms with Crippen molar-refractivity contribution in [1.82, 2.24) is 9.88 Å². The zero-order valence-corrected chi connectivity index (χ0v) is 21.9. The van der Waals surface area contributed by atoms with Gasteiger partial charge in [0, 0.05) is 31.4 Å². The third kappa shape index (κ3) is 5.10. The highest BCUT2D eigenvalue weighted by molar-refractivity contribution is 5.90. The maximum atomic E-state index is 13.4. The van der Waals surface area contributed by atoms with Crippen LogP contribution in [0.4, 0.5) is 0 Å². The number of likely N-dealkylation sites (tertiary alicyclic amines) is 1. The van der Waals surface area contributed by atoms with Gasteiger partial charge in [0.25, 0.3) is 0 Å². The predicted octanol–water partition coefficient (Wildman–Crippen LogP) is 6.82. The molecule has 1 aromatic heterocycles. The van der Waals surface area contributed by atoms with Crippen LogP contribution in [0.5, 0.6) is 11.5 Å². The molecular formula is C33H34N2O3. The van der Waals surface area contributed by atoms with Gasteiger partial charge in [-0.15, -0.1) is 0 Å². The first kappa shape index (κ1) is 24.5. The molecule has 1 saturated carbocycles. The Balaban J connectivity index is 1.32. The number of methoxy groups -OCH3 is 1. The van der Waals surface area contributed by atoms with Crippen molar-refractivity contribution in [3.8, 4) is 22.6 Å². The Bertz CT molecular complexity index is 1430. The summed E-state index contributed by atoms with van der Waals surface area (Å²) in [6.07, 6.45) is 10.1. The van der Waals surface area contributed by atoms with E-state index in [-0.39, 0.29) is 17.9 Å². The fourth-order valence-electron chi connectivity index (χ4n) is 5.97. The van der Waals surface area contributed by atoms with Gasteiger partial charge in [0.2, 0.25) is 5.91 Å². The average molecular weight is 507 g/mol. The Morgan fingerprint density at radius 1 is 0.895 bits per heavy atom. The van der Waals surface area contributed by atoms with E-state index in [1.807, 2.05) is 23.1 Å². The van der Waals surface area contributed by atoms with E-state index in [0.29, 0.717) is 6.54 Å². The van der Waals surface area contributed by atoms with Gasteiger partial charge in [0.1, 0.15) is 0 Å². The number of amides is 1. The summed E-state index contributed by atoms with van der Waals surface area (Å²) in [7, 11) is 1.69. The molecular weight excluding hydrogens is 472 g/mol. The molecule has 0 radical (unpaired) electrons.